The van der Waals surface area contributed by atoms with Crippen LogP contribution in [0.25, 0.3) is 10.2 Å². The van der Waals surface area contributed by atoms with Gasteiger partial charge in [-0.2, -0.15) is 0 Å². The summed E-state index contributed by atoms with van der Waals surface area (Å²) in [7, 11) is -3.52. The highest BCUT2D eigenvalue weighted by Gasteiger charge is 2.17. The van der Waals surface area contributed by atoms with Crippen LogP contribution in [0.5, 0.6) is 0 Å². The first-order valence-corrected chi connectivity index (χ1v) is 10.8. The van der Waals surface area contributed by atoms with Crippen molar-refractivity contribution in [2.45, 2.75) is 18.2 Å². The maximum atomic E-state index is 12.3. The SMILES string of the molecule is Cc1ccc(S(=O)(=O)CCC(=O)Nc2nc3c(Cl)cc(Cl)cc3s2)cc1. The Hall–Kier alpha value is -1.67. The fraction of sp³-hybridized carbons (Fsp3) is 0.176. The Morgan fingerprint density at radius 1 is 1.19 bits per heavy atom. The van der Waals surface area contributed by atoms with Crippen LogP contribution in [0, 0.1) is 6.92 Å². The van der Waals surface area contributed by atoms with E-state index < -0.39 is 15.7 Å². The molecule has 3 rings (SSSR count). The minimum absolute atomic E-state index is 0.166. The van der Waals surface area contributed by atoms with Crippen molar-refractivity contribution in [2.75, 3.05) is 11.1 Å². The van der Waals surface area contributed by atoms with Crippen LogP contribution in [-0.2, 0) is 14.6 Å². The monoisotopic (exact) mass is 428 g/mol. The van der Waals surface area contributed by atoms with Gasteiger partial charge in [0, 0.05) is 11.4 Å². The Labute approximate surface area is 164 Å². The van der Waals surface area contributed by atoms with Crippen molar-refractivity contribution in [1.82, 2.24) is 4.98 Å². The van der Waals surface area contributed by atoms with E-state index in [0.29, 0.717) is 20.7 Å². The van der Waals surface area contributed by atoms with Gasteiger partial charge < -0.3 is 5.32 Å². The molecule has 0 fully saturated rings. The van der Waals surface area contributed by atoms with Gasteiger partial charge in [0.05, 0.1) is 20.4 Å². The summed E-state index contributed by atoms with van der Waals surface area (Å²) in [6, 6.07) is 9.82. The third kappa shape index (κ3) is 4.35. The molecule has 0 aliphatic carbocycles. The fourth-order valence-electron chi connectivity index (χ4n) is 2.28. The smallest absolute Gasteiger partial charge is 0.227 e. The molecule has 2 aromatic carbocycles. The Balaban J connectivity index is 1.67. The summed E-state index contributed by atoms with van der Waals surface area (Å²) in [4.78, 5) is 16.6. The Morgan fingerprint density at radius 2 is 1.88 bits per heavy atom. The zero-order valence-corrected chi connectivity index (χ0v) is 16.8. The van der Waals surface area contributed by atoms with E-state index in [9.17, 15) is 13.2 Å². The number of carbonyl (C=O) groups excluding carboxylic acids is 1. The predicted octanol–water partition coefficient (Wildman–Crippen LogP) is 4.71. The number of hydrogen-bond acceptors (Lipinski definition) is 5. The highest BCUT2D eigenvalue weighted by Crippen LogP contribution is 2.33. The predicted molar refractivity (Wildman–Crippen MR) is 106 cm³/mol. The van der Waals surface area contributed by atoms with Gasteiger partial charge in [-0.15, -0.1) is 0 Å². The number of aryl methyl sites for hydroxylation is 1. The number of carbonyl (C=O) groups is 1. The van der Waals surface area contributed by atoms with Crippen LogP contribution in [0.3, 0.4) is 0 Å². The van der Waals surface area contributed by atoms with Gasteiger partial charge in [0.1, 0.15) is 5.52 Å². The minimum atomic E-state index is -3.52. The van der Waals surface area contributed by atoms with Crippen molar-refractivity contribution in [1.29, 1.82) is 0 Å². The van der Waals surface area contributed by atoms with Crippen molar-refractivity contribution < 1.29 is 13.2 Å². The van der Waals surface area contributed by atoms with Crippen LogP contribution in [0.4, 0.5) is 5.13 Å². The number of aromatic nitrogens is 1. The van der Waals surface area contributed by atoms with E-state index in [1.807, 2.05) is 6.92 Å². The van der Waals surface area contributed by atoms with Crippen LogP contribution >= 0.6 is 34.5 Å². The highest BCUT2D eigenvalue weighted by molar-refractivity contribution is 7.91. The van der Waals surface area contributed by atoms with Crippen molar-refractivity contribution in [3.05, 3.63) is 52.0 Å². The number of fused-ring (bicyclic) bond motifs is 1. The van der Waals surface area contributed by atoms with Crippen LogP contribution in [0.15, 0.2) is 41.3 Å². The van der Waals surface area contributed by atoms with Gasteiger partial charge >= 0.3 is 0 Å². The number of thiazole rings is 1. The second-order valence-electron chi connectivity index (χ2n) is 5.68. The molecule has 9 heteroatoms. The standard InChI is InChI=1S/C17H14Cl2N2O3S2/c1-10-2-4-12(5-3-10)26(23,24)7-6-15(22)20-17-21-16-13(19)8-11(18)9-14(16)25-17/h2-5,8-9H,6-7H2,1H3,(H,20,21,22). The van der Waals surface area contributed by atoms with Gasteiger partial charge in [-0.1, -0.05) is 52.2 Å². The second kappa shape index (κ2) is 7.52. The van der Waals surface area contributed by atoms with Crippen molar-refractivity contribution in [3.8, 4) is 0 Å². The summed E-state index contributed by atoms with van der Waals surface area (Å²) in [5, 5.41) is 3.84. The highest BCUT2D eigenvalue weighted by atomic mass is 35.5. The number of benzene rings is 2. The van der Waals surface area contributed by atoms with Gasteiger partial charge in [-0.3, -0.25) is 4.79 Å². The molecule has 136 valence electrons. The lowest BCUT2D eigenvalue weighted by atomic mass is 10.2. The van der Waals surface area contributed by atoms with E-state index in [0.717, 1.165) is 10.3 Å². The van der Waals surface area contributed by atoms with Crippen molar-refractivity contribution in [3.63, 3.8) is 0 Å². The quantitative estimate of drug-likeness (QED) is 0.637. The number of nitrogens with zero attached hydrogens (tertiary/aromatic N) is 1. The van der Waals surface area contributed by atoms with E-state index in [-0.39, 0.29) is 17.1 Å². The summed E-state index contributed by atoms with van der Waals surface area (Å²) in [6.07, 6.45) is -0.166. The van der Waals surface area contributed by atoms with E-state index in [1.54, 1.807) is 36.4 Å². The Morgan fingerprint density at radius 3 is 2.58 bits per heavy atom. The minimum Gasteiger partial charge on any atom is -0.302 e. The molecule has 3 aromatic rings. The molecule has 1 N–H and O–H groups in total. The molecule has 5 nitrogen and oxygen atoms in total. The number of anilines is 1. The average molecular weight is 429 g/mol. The molecule has 1 amide bonds. The lowest BCUT2D eigenvalue weighted by Crippen LogP contribution is -2.17. The number of hydrogen-bond donors (Lipinski definition) is 1. The molecular formula is C17H14Cl2N2O3S2. The fourth-order valence-corrected chi connectivity index (χ4v) is 5.13. The number of rotatable bonds is 5. The van der Waals surface area contributed by atoms with Crippen LogP contribution < -0.4 is 5.32 Å². The number of halogens is 2. The summed E-state index contributed by atoms with van der Waals surface area (Å²) in [6.45, 7) is 1.88. The number of sulfone groups is 1. The molecular weight excluding hydrogens is 415 g/mol. The Bertz CT molecular complexity index is 1080. The van der Waals surface area contributed by atoms with Gasteiger partial charge in [-0.05, 0) is 31.2 Å². The summed E-state index contributed by atoms with van der Waals surface area (Å²) in [5.41, 5.74) is 1.51. The third-order valence-electron chi connectivity index (χ3n) is 3.64. The maximum Gasteiger partial charge on any atom is 0.227 e. The molecule has 0 unspecified atom stereocenters. The number of nitrogens with one attached hydrogen (secondary N) is 1. The van der Waals surface area contributed by atoms with E-state index in [1.165, 1.54) is 11.3 Å². The first-order chi connectivity index (χ1) is 12.2. The normalized spacial score (nSPS) is 11.7. The lowest BCUT2D eigenvalue weighted by molar-refractivity contribution is -0.115. The van der Waals surface area contributed by atoms with E-state index >= 15 is 0 Å². The Kier molecular flexibility index (Phi) is 5.53. The van der Waals surface area contributed by atoms with Gasteiger partial charge in [0.15, 0.2) is 15.0 Å². The third-order valence-corrected chi connectivity index (χ3v) is 6.79. The molecule has 0 saturated heterocycles. The van der Waals surface area contributed by atoms with E-state index in [2.05, 4.69) is 10.3 Å². The van der Waals surface area contributed by atoms with E-state index in [4.69, 9.17) is 23.2 Å². The summed E-state index contributed by atoms with van der Waals surface area (Å²) >= 11 is 13.3. The van der Waals surface area contributed by atoms with Gasteiger partial charge in [0.25, 0.3) is 0 Å². The molecule has 1 heterocycles. The molecule has 0 radical (unpaired) electrons. The molecule has 0 aliphatic rings. The lowest BCUT2D eigenvalue weighted by Gasteiger charge is -2.05. The second-order valence-corrected chi connectivity index (χ2v) is 9.67. The molecule has 0 spiro atoms. The van der Waals surface area contributed by atoms with Crippen molar-refractivity contribution in [2.24, 2.45) is 0 Å². The first kappa shape index (κ1) is 19.1. The molecule has 0 aliphatic heterocycles. The molecule has 1 aromatic heterocycles. The first-order valence-electron chi connectivity index (χ1n) is 7.59. The van der Waals surface area contributed by atoms with Crippen LogP contribution in [0.2, 0.25) is 10.0 Å². The largest absolute Gasteiger partial charge is 0.302 e. The zero-order chi connectivity index (χ0) is 18.9. The molecule has 26 heavy (non-hydrogen) atoms. The summed E-state index contributed by atoms with van der Waals surface area (Å²) in [5.74, 6) is -0.707. The maximum absolute atomic E-state index is 12.3. The molecule has 0 saturated carbocycles. The van der Waals surface area contributed by atoms with Gasteiger partial charge in [0.2, 0.25) is 5.91 Å². The van der Waals surface area contributed by atoms with Crippen LogP contribution in [0.1, 0.15) is 12.0 Å². The molecule has 0 bridgehead atoms. The summed E-state index contributed by atoms with van der Waals surface area (Å²) < 4.78 is 25.3. The average Bonchev–Trinajstić information content (AvgIpc) is 2.96. The molecule has 0 atom stereocenters. The zero-order valence-electron chi connectivity index (χ0n) is 13.6. The van der Waals surface area contributed by atoms with Gasteiger partial charge in [-0.25, -0.2) is 13.4 Å². The van der Waals surface area contributed by atoms with Crippen molar-refractivity contribution >= 4 is 65.6 Å². The number of amides is 1. The van der Waals surface area contributed by atoms with Crippen LogP contribution in [-0.4, -0.2) is 25.1 Å². The topological polar surface area (TPSA) is 76.1 Å².